The summed E-state index contributed by atoms with van der Waals surface area (Å²) in [6.07, 6.45) is 1.27. The highest BCUT2D eigenvalue weighted by atomic mass is 32.1. The lowest BCUT2D eigenvalue weighted by Gasteiger charge is -2.33. The maximum absolute atomic E-state index is 11.8. The van der Waals surface area contributed by atoms with Crippen molar-refractivity contribution in [3.63, 3.8) is 0 Å². The van der Waals surface area contributed by atoms with Gasteiger partial charge >= 0.3 is 12.1 Å². The van der Waals surface area contributed by atoms with Crippen molar-refractivity contribution in [2.24, 2.45) is 0 Å². The van der Waals surface area contributed by atoms with Crippen LogP contribution >= 0.6 is 12.6 Å². The molecule has 110 valence electrons. The molecule has 0 unspecified atom stereocenters. The molecule has 0 atom stereocenters. The van der Waals surface area contributed by atoms with Gasteiger partial charge in [0, 0.05) is 31.7 Å². The van der Waals surface area contributed by atoms with Crippen LogP contribution in [-0.2, 0) is 14.3 Å². The smallest absolute Gasteiger partial charge is 0.410 e. The molecule has 1 heterocycles. The summed E-state index contributed by atoms with van der Waals surface area (Å²) >= 11 is 3.99. The zero-order valence-corrected chi connectivity index (χ0v) is 12.7. The van der Waals surface area contributed by atoms with Crippen molar-refractivity contribution < 1.29 is 19.1 Å². The summed E-state index contributed by atoms with van der Waals surface area (Å²) in [5.74, 6) is 0.279. The molecule has 1 rings (SSSR count). The van der Waals surface area contributed by atoms with Gasteiger partial charge in [-0.3, -0.25) is 4.79 Å². The van der Waals surface area contributed by atoms with E-state index in [1.165, 1.54) is 0 Å². The van der Waals surface area contributed by atoms with Crippen LogP contribution in [0.4, 0.5) is 4.79 Å². The van der Waals surface area contributed by atoms with Crippen molar-refractivity contribution in [2.75, 3.05) is 18.8 Å². The molecule has 1 saturated heterocycles. The molecule has 0 saturated carbocycles. The lowest BCUT2D eigenvalue weighted by Crippen LogP contribution is -2.43. The first-order valence-electron chi connectivity index (χ1n) is 6.60. The van der Waals surface area contributed by atoms with Gasteiger partial charge in [-0.05, 0) is 20.8 Å². The summed E-state index contributed by atoms with van der Waals surface area (Å²) in [7, 11) is 0. The van der Waals surface area contributed by atoms with E-state index in [2.05, 4.69) is 12.6 Å². The van der Waals surface area contributed by atoms with Crippen LogP contribution in [0.2, 0.25) is 0 Å². The van der Waals surface area contributed by atoms with Crippen molar-refractivity contribution in [1.29, 1.82) is 0 Å². The van der Waals surface area contributed by atoms with E-state index >= 15 is 0 Å². The second-order valence-electron chi connectivity index (χ2n) is 5.63. The number of nitrogens with zero attached hydrogens (tertiary/aromatic N) is 1. The van der Waals surface area contributed by atoms with E-state index in [1.54, 1.807) is 4.90 Å². The normalized spacial score (nSPS) is 17.2. The van der Waals surface area contributed by atoms with Crippen molar-refractivity contribution in [3.05, 3.63) is 0 Å². The molecule has 0 aliphatic carbocycles. The van der Waals surface area contributed by atoms with Crippen molar-refractivity contribution >= 4 is 24.7 Å². The zero-order chi connectivity index (χ0) is 14.5. The predicted molar refractivity (Wildman–Crippen MR) is 75.4 cm³/mol. The standard InChI is InChI=1S/C13H23NO4S/c1-13(2,3)18-12(16)14-7-4-10(5-8-14)17-11(15)6-9-19/h10,19H,4-9H2,1-3H3. The molecule has 6 heteroatoms. The number of likely N-dealkylation sites (tertiary alicyclic amines) is 1. The number of esters is 1. The highest BCUT2D eigenvalue weighted by Gasteiger charge is 2.28. The van der Waals surface area contributed by atoms with Crippen LogP contribution in [0, 0.1) is 0 Å². The fraction of sp³-hybridized carbons (Fsp3) is 0.846. The Morgan fingerprint density at radius 2 is 1.84 bits per heavy atom. The fourth-order valence-corrected chi connectivity index (χ4v) is 2.00. The highest BCUT2D eigenvalue weighted by Crippen LogP contribution is 2.17. The zero-order valence-electron chi connectivity index (χ0n) is 11.8. The van der Waals surface area contributed by atoms with Crippen LogP contribution in [0.15, 0.2) is 0 Å². The van der Waals surface area contributed by atoms with E-state index in [1.807, 2.05) is 20.8 Å². The maximum Gasteiger partial charge on any atom is 0.410 e. The molecule has 0 spiro atoms. The van der Waals surface area contributed by atoms with Gasteiger partial charge in [-0.1, -0.05) is 0 Å². The van der Waals surface area contributed by atoms with Gasteiger partial charge in [0.25, 0.3) is 0 Å². The third-order valence-corrected chi connectivity index (χ3v) is 2.93. The Bertz CT molecular complexity index is 319. The van der Waals surface area contributed by atoms with Gasteiger partial charge in [-0.15, -0.1) is 0 Å². The molecular formula is C13H23NO4S. The van der Waals surface area contributed by atoms with Gasteiger partial charge in [0.1, 0.15) is 11.7 Å². The topological polar surface area (TPSA) is 55.8 Å². The summed E-state index contributed by atoms with van der Waals surface area (Å²) in [5.41, 5.74) is -0.479. The SMILES string of the molecule is CC(C)(C)OC(=O)N1CCC(OC(=O)CCS)CC1. The first-order chi connectivity index (χ1) is 8.81. The van der Waals surface area contributed by atoms with Gasteiger partial charge in [0.2, 0.25) is 0 Å². The molecule has 19 heavy (non-hydrogen) atoms. The number of amides is 1. The van der Waals surface area contributed by atoms with Crippen molar-refractivity contribution in [2.45, 2.75) is 51.7 Å². The number of thiol groups is 1. The third-order valence-electron chi connectivity index (χ3n) is 2.71. The van der Waals surface area contributed by atoms with E-state index in [0.29, 0.717) is 38.1 Å². The summed E-state index contributed by atoms with van der Waals surface area (Å²) in [4.78, 5) is 24.8. The maximum atomic E-state index is 11.8. The molecule has 0 radical (unpaired) electrons. The van der Waals surface area contributed by atoms with E-state index in [4.69, 9.17) is 9.47 Å². The molecule has 0 bridgehead atoms. The Balaban J connectivity index is 2.32. The van der Waals surface area contributed by atoms with Crippen LogP contribution < -0.4 is 0 Å². The second-order valence-corrected chi connectivity index (χ2v) is 6.08. The van der Waals surface area contributed by atoms with Crippen molar-refractivity contribution in [1.82, 2.24) is 4.90 Å². The second kappa shape index (κ2) is 7.03. The number of hydrogen-bond acceptors (Lipinski definition) is 5. The number of rotatable bonds is 3. The van der Waals surface area contributed by atoms with Crippen LogP contribution in [-0.4, -0.2) is 47.5 Å². The molecule has 1 aliphatic heterocycles. The van der Waals surface area contributed by atoms with Gasteiger partial charge in [0.05, 0.1) is 6.42 Å². The summed E-state index contributed by atoms with van der Waals surface area (Å²) < 4.78 is 10.6. The molecule has 1 amide bonds. The van der Waals surface area contributed by atoms with Gasteiger partial charge in [0.15, 0.2) is 0 Å². The minimum Gasteiger partial charge on any atom is -0.462 e. The average Bonchev–Trinajstić information content (AvgIpc) is 2.27. The monoisotopic (exact) mass is 289 g/mol. The highest BCUT2D eigenvalue weighted by molar-refractivity contribution is 7.80. The first-order valence-corrected chi connectivity index (χ1v) is 7.23. The number of carbonyl (C=O) groups excluding carboxylic acids is 2. The Kier molecular flexibility index (Phi) is 5.97. The lowest BCUT2D eigenvalue weighted by molar-refractivity contribution is -0.150. The summed E-state index contributed by atoms with van der Waals surface area (Å²) in [6.45, 7) is 6.66. The summed E-state index contributed by atoms with van der Waals surface area (Å²) in [6, 6.07) is 0. The molecule has 1 aliphatic rings. The molecule has 5 nitrogen and oxygen atoms in total. The Morgan fingerprint density at radius 3 is 2.32 bits per heavy atom. The molecule has 0 N–H and O–H groups in total. The lowest BCUT2D eigenvalue weighted by atomic mass is 10.1. The summed E-state index contributed by atoms with van der Waals surface area (Å²) in [5, 5.41) is 0. The quantitative estimate of drug-likeness (QED) is 0.639. The van der Waals surface area contributed by atoms with Gasteiger partial charge in [-0.25, -0.2) is 4.79 Å². The Hall–Kier alpha value is -0.910. The minimum atomic E-state index is -0.479. The third kappa shape index (κ3) is 6.18. The van der Waals surface area contributed by atoms with Crippen LogP contribution in [0.5, 0.6) is 0 Å². The molecular weight excluding hydrogens is 266 g/mol. The van der Waals surface area contributed by atoms with Crippen LogP contribution in [0.1, 0.15) is 40.0 Å². The predicted octanol–water partition coefficient (Wildman–Crippen LogP) is 2.25. The van der Waals surface area contributed by atoms with Crippen LogP contribution in [0.25, 0.3) is 0 Å². The van der Waals surface area contributed by atoms with E-state index in [0.717, 1.165) is 0 Å². The number of piperidine rings is 1. The van der Waals surface area contributed by atoms with E-state index in [-0.39, 0.29) is 18.2 Å². The Labute approximate surface area is 120 Å². The molecule has 0 aromatic carbocycles. The average molecular weight is 289 g/mol. The Morgan fingerprint density at radius 1 is 1.26 bits per heavy atom. The molecule has 0 aromatic heterocycles. The number of carbonyl (C=O) groups is 2. The van der Waals surface area contributed by atoms with Gasteiger partial charge in [-0.2, -0.15) is 12.6 Å². The van der Waals surface area contributed by atoms with Crippen molar-refractivity contribution in [3.8, 4) is 0 Å². The fourth-order valence-electron chi connectivity index (χ4n) is 1.82. The number of ether oxygens (including phenoxy) is 2. The van der Waals surface area contributed by atoms with Crippen LogP contribution in [0.3, 0.4) is 0 Å². The largest absolute Gasteiger partial charge is 0.462 e. The van der Waals surface area contributed by atoms with E-state index < -0.39 is 5.60 Å². The number of hydrogen-bond donors (Lipinski definition) is 1. The van der Waals surface area contributed by atoms with E-state index in [9.17, 15) is 9.59 Å². The molecule has 0 aromatic rings. The molecule has 1 fully saturated rings. The first kappa shape index (κ1) is 16.1. The van der Waals surface area contributed by atoms with Gasteiger partial charge < -0.3 is 14.4 Å². The minimum absolute atomic E-state index is 0.0916.